The number of anilines is 1. The molecule has 1 saturated heterocycles. The maximum absolute atomic E-state index is 13.6. The highest BCUT2D eigenvalue weighted by Crippen LogP contribution is 2.32. The molecule has 1 aliphatic rings. The van der Waals surface area contributed by atoms with Crippen molar-refractivity contribution in [3.8, 4) is 5.69 Å². The van der Waals surface area contributed by atoms with Crippen molar-refractivity contribution in [2.75, 3.05) is 18.0 Å². The van der Waals surface area contributed by atoms with Crippen molar-refractivity contribution in [2.24, 2.45) is 0 Å². The number of halogens is 3. The lowest BCUT2D eigenvalue weighted by molar-refractivity contribution is -0.0116. The summed E-state index contributed by atoms with van der Waals surface area (Å²) in [4.78, 5) is 5.69. The fourth-order valence-electron chi connectivity index (χ4n) is 2.42. The van der Waals surface area contributed by atoms with Crippen molar-refractivity contribution in [3.63, 3.8) is 0 Å². The van der Waals surface area contributed by atoms with Crippen molar-refractivity contribution in [1.29, 1.82) is 0 Å². The predicted molar refractivity (Wildman–Crippen MR) is 72.8 cm³/mol. The van der Waals surface area contributed by atoms with Gasteiger partial charge >= 0.3 is 0 Å². The van der Waals surface area contributed by atoms with E-state index in [0.717, 1.165) is 0 Å². The van der Waals surface area contributed by atoms with Crippen molar-refractivity contribution >= 4 is 17.3 Å². The second kappa shape index (κ2) is 5.01. The van der Waals surface area contributed by atoms with Gasteiger partial charge in [-0.15, -0.1) is 0 Å². The Labute approximate surface area is 120 Å². The van der Waals surface area contributed by atoms with Gasteiger partial charge in [-0.1, -0.05) is 11.6 Å². The molecule has 0 aromatic carbocycles. The van der Waals surface area contributed by atoms with E-state index in [1.165, 1.54) is 6.20 Å². The second-order valence-electron chi connectivity index (χ2n) is 4.85. The molecule has 0 bridgehead atoms. The molecule has 0 saturated carbocycles. The van der Waals surface area contributed by atoms with Gasteiger partial charge in [-0.25, -0.2) is 13.5 Å². The summed E-state index contributed by atoms with van der Waals surface area (Å²) >= 11 is 5.86. The van der Waals surface area contributed by atoms with Crippen LogP contribution >= 0.6 is 11.6 Å². The SMILES string of the molecule is FC1(F)CCCN(c2cnccc2-n2cc(Cl)cn2)C1. The Morgan fingerprint density at radius 1 is 1.25 bits per heavy atom. The minimum Gasteiger partial charge on any atom is -0.363 e. The van der Waals surface area contributed by atoms with Gasteiger partial charge in [0.15, 0.2) is 0 Å². The first-order chi connectivity index (χ1) is 9.55. The van der Waals surface area contributed by atoms with Gasteiger partial charge < -0.3 is 4.90 Å². The maximum Gasteiger partial charge on any atom is 0.265 e. The van der Waals surface area contributed by atoms with Crippen LogP contribution in [0.25, 0.3) is 5.69 Å². The van der Waals surface area contributed by atoms with Gasteiger partial charge in [0.25, 0.3) is 5.92 Å². The highest BCUT2D eigenvalue weighted by molar-refractivity contribution is 6.30. The number of nitrogens with zero attached hydrogens (tertiary/aromatic N) is 4. The summed E-state index contributed by atoms with van der Waals surface area (Å²) < 4.78 is 28.7. The Hall–Kier alpha value is -1.69. The summed E-state index contributed by atoms with van der Waals surface area (Å²) in [5.41, 5.74) is 1.34. The number of hydrogen-bond acceptors (Lipinski definition) is 3. The molecular weight excluding hydrogens is 286 g/mol. The fourth-order valence-corrected chi connectivity index (χ4v) is 2.56. The minimum atomic E-state index is -2.66. The van der Waals surface area contributed by atoms with E-state index in [-0.39, 0.29) is 13.0 Å². The monoisotopic (exact) mass is 298 g/mol. The first kappa shape index (κ1) is 13.3. The normalized spacial score (nSPS) is 18.2. The third-order valence-corrected chi connectivity index (χ3v) is 3.50. The molecule has 0 spiro atoms. The molecule has 7 heteroatoms. The number of piperidine rings is 1. The van der Waals surface area contributed by atoms with E-state index in [1.54, 1.807) is 34.2 Å². The number of alkyl halides is 2. The van der Waals surface area contributed by atoms with E-state index in [2.05, 4.69) is 10.1 Å². The quantitative estimate of drug-likeness (QED) is 0.854. The Kier molecular flexibility index (Phi) is 3.33. The van der Waals surface area contributed by atoms with E-state index < -0.39 is 5.92 Å². The van der Waals surface area contributed by atoms with Crippen molar-refractivity contribution in [1.82, 2.24) is 14.8 Å². The van der Waals surface area contributed by atoms with Gasteiger partial charge in [-0.3, -0.25) is 4.98 Å². The van der Waals surface area contributed by atoms with Crippen molar-refractivity contribution in [2.45, 2.75) is 18.8 Å². The molecule has 0 aliphatic carbocycles. The van der Waals surface area contributed by atoms with Gasteiger partial charge in [0, 0.05) is 25.4 Å². The predicted octanol–water partition coefficient (Wildman–Crippen LogP) is 3.16. The lowest BCUT2D eigenvalue weighted by Crippen LogP contribution is -2.43. The summed E-state index contributed by atoms with van der Waals surface area (Å²) in [6.07, 6.45) is 6.75. The number of pyridine rings is 1. The molecule has 0 N–H and O–H groups in total. The van der Waals surface area contributed by atoms with Crippen LogP contribution < -0.4 is 4.90 Å². The largest absolute Gasteiger partial charge is 0.363 e. The fraction of sp³-hybridized carbons (Fsp3) is 0.385. The van der Waals surface area contributed by atoms with Crippen LogP contribution in [-0.4, -0.2) is 33.8 Å². The zero-order valence-electron chi connectivity index (χ0n) is 10.6. The Morgan fingerprint density at radius 3 is 2.80 bits per heavy atom. The summed E-state index contributed by atoms with van der Waals surface area (Å²) in [7, 11) is 0. The van der Waals surface area contributed by atoms with Gasteiger partial charge in [-0.05, 0) is 12.5 Å². The molecule has 20 heavy (non-hydrogen) atoms. The highest BCUT2D eigenvalue weighted by Gasteiger charge is 2.36. The van der Waals surface area contributed by atoms with Crippen LogP contribution in [0.15, 0.2) is 30.9 Å². The summed E-state index contributed by atoms with van der Waals surface area (Å²) in [6.45, 7) is 0.296. The molecule has 1 aliphatic heterocycles. The molecule has 2 aromatic heterocycles. The van der Waals surface area contributed by atoms with Gasteiger partial charge in [0.2, 0.25) is 0 Å². The lowest BCUT2D eigenvalue weighted by atomic mass is 10.1. The summed E-state index contributed by atoms with van der Waals surface area (Å²) in [5, 5.41) is 4.62. The molecule has 106 valence electrons. The van der Waals surface area contributed by atoms with Crippen molar-refractivity contribution < 1.29 is 8.78 Å². The zero-order chi connectivity index (χ0) is 14.2. The van der Waals surface area contributed by atoms with Crippen LogP contribution in [0.1, 0.15) is 12.8 Å². The molecule has 4 nitrogen and oxygen atoms in total. The Bertz CT molecular complexity index is 614. The third-order valence-electron chi connectivity index (χ3n) is 3.31. The Morgan fingerprint density at radius 2 is 2.10 bits per heavy atom. The number of rotatable bonds is 2. The first-order valence-corrected chi connectivity index (χ1v) is 6.70. The first-order valence-electron chi connectivity index (χ1n) is 6.32. The molecule has 3 heterocycles. The average Bonchev–Trinajstić information content (AvgIpc) is 2.84. The second-order valence-corrected chi connectivity index (χ2v) is 5.29. The van der Waals surface area contributed by atoms with Crippen LogP contribution in [0, 0.1) is 0 Å². The lowest BCUT2D eigenvalue weighted by Gasteiger charge is -2.34. The van der Waals surface area contributed by atoms with Crippen molar-refractivity contribution in [3.05, 3.63) is 35.9 Å². The maximum atomic E-state index is 13.6. The van der Waals surface area contributed by atoms with Gasteiger partial charge in [-0.2, -0.15) is 5.10 Å². The van der Waals surface area contributed by atoms with Crippen LogP contribution in [0.4, 0.5) is 14.5 Å². The molecule has 3 rings (SSSR count). The van der Waals surface area contributed by atoms with E-state index in [9.17, 15) is 8.78 Å². The summed E-state index contributed by atoms with van der Waals surface area (Å²) in [5.74, 6) is -2.66. The Balaban J connectivity index is 1.98. The standard InChI is InChI=1S/C13H13ClF2N4/c14-10-6-18-20(8-10)11-2-4-17-7-12(11)19-5-1-3-13(15,16)9-19/h2,4,6-8H,1,3,5,9H2. The average molecular weight is 299 g/mol. The minimum absolute atomic E-state index is 0.0628. The highest BCUT2D eigenvalue weighted by atomic mass is 35.5. The van der Waals surface area contributed by atoms with E-state index in [1.807, 2.05) is 0 Å². The zero-order valence-corrected chi connectivity index (χ0v) is 11.4. The molecule has 0 atom stereocenters. The molecule has 2 aromatic rings. The van der Waals surface area contributed by atoms with E-state index in [0.29, 0.717) is 29.4 Å². The molecular formula is C13H13ClF2N4. The van der Waals surface area contributed by atoms with Gasteiger partial charge in [0.1, 0.15) is 0 Å². The number of hydrogen-bond donors (Lipinski definition) is 0. The summed E-state index contributed by atoms with van der Waals surface area (Å²) in [6, 6.07) is 1.74. The van der Waals surface area contributed by atoms with E-state index in [4.69, 9.17) is 11.6 Å². The molecule has 0 radical (unpaired) electrons. The molecule has 0 unspecified atom stereocenters. The van der Waals surface area contributed by atoms with Crippen LogP contribution in [0.2, 0.25) is 5.02 Å². The smallest absolute Gasteiger partial charge is 0.265 e. The van der Waals surface area contributed by atoms with Crippen LogP contribution in [-0.2, 0) is 0 Å². The van der Waals surface area contributed by atoms with E-state index >= 15 is 0 Å². The topological polar surface area (TPSA) is 34.0 Å². The van der Waals surface area contributed by atoms with Gasteiger partial charge in [0.05, 0.1) is 35.3 Å². The van der Waals surface area contributed by atoms with Crippen LogP contribution in [0.5, 0.6) is 0 Å². The third kappa shape index (κ3) is 2.60. The number of aromatic nitrogens is 3. The molecule has 1 fully saturated rings. The van der Waals surface area contributed by atoms with Crippen LogP contribution in [0.3, 0.4) is 0 Å². The molecule has 0 amide bonds.